The number of aliphatic hydroxyl groups is 1. The van der Waals surface area contributed by atoms with Crippen molar-refractivity contribution in [2.45, 2.75) is 102 Å². The second-order valence-electron chi connectivity index (χ2n) is 12.8. The number of rotatable bonds is 15. The van der Waals surface area contributed by atoms with Gasteiger partial charge in [-0.25, -0.2) is 5.48 Å². The molecule has 3 aliphatic rings. The average molecular weight is 623 g/mol. The van der Waals surface area contributed by atoms with E-state index >= 15 is 0 Å². The number of aliphatic hydroxyl groups excluding tert-OH is 1. The van der Waals surface area contributed by atoms with Gasteiger partial charge in [-0.3, -0.25) is 19.7 Å². The zero-order valence-corrected chi connectivity index (χ0v) is 26.4. The summed E-state index contributed by atoms with van der Waals surface area (Å²) in [6.07, 6.45) is 8.05. The highest BCUT2D eigenvalue weighted by Gasteiger charge is 2.36. The van der Waals surface area contributed by atoms with E-state index in [1.54, 1.807) is 5.48 Å². The van der Waals surface area contributed by atoms with E-state index in [2.05, 4.69) is 27.2 Å². The van der Waals surface area contributed by atoms with Gasteiger partial charge in [0.1, 0.15) is 0 Å². The number of hydrogen-bond donors (Lipinski definition) is 4. The molecule has 5 rings (SSSR count). The van der Waals surface area contributed by atoms with Crippen LogP contribution in [0.4, 0.5) is 0 Å². The lowest BCUT2D eigenvalue weighted by atomic mass is 9.99. The van der Waals surface area contributed by atoms with Crippen molar-refractivity contribution >= 4 is 11.8 Å². The first-order valence-corrected chi connectivity index (χ1v) is 16.8. The van der Waals surface area contributed by atoms with Crippen LogP contribution in [0.1, 0.15) is 98.9 Å². The number of hydroxylamine groups is 1. The largest absolute Gasteiger partial charge is 0.392 e. The summed E-state index contributed by atoms with van der Waals surface area (Å²) in [6.45, 7) is 6.06. The SMILES string of the molecule is O=C(CCCCCC(=O)NCc1ccc([C@H]2O[C@@H](CN3CCC[C@H]3CN3CCCC3)C[C@@H](c3ccc(CO)cc3)O2)cc1)NO. The zero-order chi connectivity index (χ0) is 31.4. The van der Waals surface area contributed by atoms with Crippen LogP contribution in [0.5, 0.6) is 0 Å². The summed E-state index contributed by atoms with van der Waals surface area (Å²) >= 11 is 0. The molecule has 0 aliphatic carbocycles. The molecule has 0 saturated carbocycles. The Balaban J connectivity index is 1.17. The number of benzene rings is 2. The number of ether oxygens (including phenoxy) is 2. The van der Waals surface area contributed by atoms with Crippen LogP contribution in [0, 0.1) is 0 Å². The van der Waals surface area contributed by atoms with E-state index in [0.717, 1.165) is 54.7 Å². The minimum absolute atomic E-state index is 0.0197. The predicted octanol–water partition coefficient (Wildman–Crippen LogP) is 4.36. The molecule has 2 aromatic rings. The topological polar surface area (TPSA) is 124 Å². The van der Waals surface area contributed by atoms with Gasteiger partial charge in [0.05, 0.1) is 18.8 Å². The third kappa shape index (κ3) is 10.1. The maximum Gasteiger partial charge on any atom is 0.243 e. The molecule has 0 aromatic heterocycles. The molecular weight excluding hydrogens is 572 g/mol. The normalized spacial score (nSPS) is 24.1. The molecule has 0 bridgehead atoms. The average Bonchev–Trinajstić information content (AvgIpc) is 3.76. The van der Waals surface area contributed by atoms with Crippen LogP contribution in [-0.4, -0.2) is 76.8 Å². The Hall–Kier alpha value is -2.86. The fourth-order valence-electron chi connectivity index (χ4n) is 6.79. The molecule has 0 radical (unpaired) electrons. The number of carbonyl (C=O) groups is 2. The lowest BCUT2D eigenvalue weighted by Crippen LogP contribution is -2.45. The van der Waals surface area contributed by atoms with Gasteiger partial charge in [0.15, 0.2) is 6.29 Å². The number of nitrogens with zero attached hydrogens (tertiary/aromatic N) is 2. The van der Waals surface area contributed by atoms with E-state index in [1.165, 1.54) is 38.8 Å². The maximum atomic E-state index is 12.3. The molecule has 4 N–H and O–H groups in total. The maximum absolute atomic E-state index is 12.3. The van der Waals surface area contributed by atoms with Crippen LogP contribution in [0.2, 0.25) is 0 Å². The summed E-state index contributed by atoms with van der Waals surface area (Å²) in [6, 6.07) is 16.7. The van der Waals surface area contributed by atoms with Crippen molar-refractivity contribution in [1.29, 1.82) is 0 Å². The van der Waals surface area contributed by atoms with Gasteiger partial charge >= 0.3 is 0 Å². The third-order valence-electron chi connectivity index (χ3n) is 9.39. The Kier molecular flexibility index (Phi) is 12.8. The van der Waals surface area contributed by atoms with Gasteiger partial charge in [0.25, 0.3) is 0 Å². The minimum Gasteiger partial charge on any atom is -0.392 e. The number of carbonyl (C=O) groups excluding carboxylic acids is 2. The summed E-state index contributed by atoms with van der Waals surface area (Å²) in [5.41, 5.74) is 5.55. The van der Waals surface area contributed by atoms with Crippen LogP contribution in [0.15, 0.2) is 48.5 Å². The van der Waals surface area contributed by atoms with Gasteiger partial charge in [0, 0.05) is 50.5 Å². The van der Waals surface area contributed by atoms with Crippen molar-refractivity contribution in [2.24, 2.45) is 0 Å². The molecule has 3 heterocycles. The number of amides is 2. The Morgan fingerprint density at radius 1 is 0.800 bits per heavy atom. The lowest BCUT2D eigenvalue weighted by molar-refractivity contribution is -0.253. The first kappa shape index (κ1) is 33.5. The summed E-state index contributed by atoms with van der Waals surface area (Å²) in [5, 5.41) is 21.1. The Morgan fingerprint density at radius 3 is 2.20 bits per heavy atom. The molecule has 4 atom stereocenters. The smallest absolute Gasteiger partial charge is 0.243 e. The molecular formula is C35H50N4O6. The number of nitrogens with one attached hydrogen (secondary N) is 2. The monoisotopic (exact) mass is 622 g/mol. The van der Waals surface area contributed by atoms with Crippen LogP contribution in [0.3, 0.4) is 0 Å². The van der Waals surface area contributed by atoms with E-state index in [4.69, 9.17) is 14.7 Å². The van der Waals surface area contributed by atoms with Crippen molar-refractivity contribution in [2.75, 3.05) is 32.7 Å². The summed E-state index contributed by atoms with van der Waals surface area (Å²) < 4.78 is 13.2. The van der Waals surface area contributed by atoms with Crippen LogP contribution >= 0.6 is 0 Å². The van der Waals surface area contributed by atoms with Gasteiger partial charge < -0.3 is 24.8 Å². The van der Waals surface area contributed by atoms with Gasteiger partial charge in [-0.2, -0.15) is 0 Å². The van der Waals surface area contributed by atoms with Crippen molar-refractivity contribution in [3.05, 3.63) is 70.8 Å². The number of hydrogen-bond acceptors (Lipinski definition) is 8. The third-order valence-corrected chi connectivity index (χ3v) is 9.39. The van der Waals surface area contributed by atoms with Crippen molar-refractivity contribution < 1.29 is 29.4 Å². The molecule has 10 heteroatoms. The van der Waals surface area contributed by atoms with Crippen LogP contribution in [-0.2, 0) is 32.2 Å². The van der Waals surface area contributed by atoms with E-state index in [0.29, 0.717) is 31.8 Å². The van der Waals surface area contributed by atoms with Crippen LogP contribution < -0.4 is 10.8 Å². The van der Waals surface area contributed by atoms with E-state index < -0.39 is 12.2 Å². The van der Waals surface area contributed by atoms with Crippen molar-refractivity contribution in [3.63, 3.8) is 0 Å². The van der Waals surface area contributed by atoms with E-state index in [-0.39, 0.29) is 31.1 Å². The summed E-state index contributed by atoms with van der Waals surface area (Å²) in [7, 11) is 0. The van der Waals surface area contributed by atoms with Crippen molar-refractivity contribution in [3.8, 4) is 0 Å². The van der Waals surface area contributed by atoms with Gasteiger partial charge in [-0.05, 0) is 74.8 Å². The molecule has 2 aromatic carbocycles. The van der Waals surface area contributed by atoms with Crippen LogP contribution in [0.25, 0.3) is 0 Å². The minimum atomic E-state index is -0.498. The van der Waals surface area contributed by atoms with Gasteiger partial charge in [-0.1, -0.05) is 55.0 Å². The molecule has 246 valence electrons. The van der Waals surface area contributed by atoms with Gasteiger partial charge in [0.2, 0.25) is 11.8 Å². The van der Waals surface area contributed by atoms with Gasteiger partial charge in [-0.15, -0.1) is 0 Å². The summed E-state index contributed by atoms with van der Waals surface area (Å²) in [4.78, 5) is 28.6. The number of unbranched alkanes of at least 4 members (excludes halogenated alkanes) is 2. The Labute approximate surface area is 267 Å². The first-order valence-electron chi connectivity index (χ1n) is 16.8. The highest BCUT2D eigenvalue weighted by Crippen LogP contribution is 2.39. The van der Waals surface area contributed by atoms with E-state index in [9.17, 15) is 14.7 Å². The predicted molar refractivity (Wildman–Crippen MR) is 170 cm³/mol. The Bertz CT molecular complexity index is 1200. The Morgan fingerprint density at radius 2 is 1.49 bits per heavy atom. The molecule has 3 fully saturated rings. The summed E-state index contributed by atoms with van der Waals surface area (Å²) in [5.74, 6) is -0.421. The molecule has 0 spiro atoms. The zero-order valence-electron chi connectivity index (χ0n) is 26.4. The number of likely N-dealkylation sites (tertiary alicyclic amines) is 2. The first-order chi connectivity index (χ1) is 22.0. The molecule has 2 amide bonds. The van der Waals surface area contributed by atoms with Crippen molar-refractivity contribution in [1.82, 2.24) is 20.6 Å². The fourth-order valence-corrected chi connectivity index (χ4v) is 6.79. The molecule has 45 heavy (non-hydrogen) atoms. The quantitative estimate of drug-likeness (QED) is 0.131. The molecule has 3 aliphatic heterocycles. The standard InChI is InChI=1S/C35H50N4O6/c40-25-27-12-14-28(15-13-27)32-21-31(24-39-20-6-7-30(39)23-38-18-4-5-19-38)44-35(45-32)29-16-10-26(11-17-29)22-36-33(41)8-2-1-3-9-34(42)37-43/h10-17,30-32,35,40,43H,1-9,18-25H2,(H,36,41)(H,37,42)/t30-,31+,32-,35-/m0/s1. The molecule has 10 nitrogen and oxygen atoms in total. The second kappa shape index (κ2) is 17.2. The highest BCUT2D eigenvalue weighted by molar-refractivity contribution is 5.76. The molecule has 0 unspecified atom stereocenters. The van der Waals surface area contributed by atoms with E-state index in [1.807, 2.05) is 36.4 Å². The highest BCUT2D eigenvalue weighted by atomic mass is 16.7. The second-order valence-corrected chi connectivity index (χ2v) is 12.8. The lowest BCUT2D eigenvalue weighted by Gasteiger charge is -2.39. The molecule has 3 saturated heterocycles. The fraction of sp³-hybridized carbons (Fsp3) is 0.600.